The highest BCUT2D eigenvalue weighted by Crippen LogP contribution is 2.32. The first kappa shape index (κ1) is 17.7. The van der Waals surface area contributed by atoms with E-state index in [2.05, 4.69) is 6.58 Å². The fraction of sp³-hybridized carbons (Fsp3) is 0.182. The van der Waals surface area contributed by atoms with Crippen molar-refractivity contribution in [2.45, 2.75) is 13.8 Å². The largest absolute Gasteiger partial charge is 0.462 e. The van der Waals surface area contributed by atoms with Gasteiger partial charge >= 0.3 is 5.97 Å². The number of hydrogen-bond donors (Lipinski definition) is 0. The maximum atomic E-state index is 12.9. The Hall–Kier alpha value is -3.14. The predicted molar refractivity (Wildman–Crippen MR) is 103 cm³/mol. The number of benzene rings is 2. The van der Waals surface area contributed by atoms with E-state index in [0.717, 1.165) is 16.3 Å². The minimum atomic E-state index is -0.476. The van der Waals surface area contributed by atoms with Gasteiger partial charge in [-0.3, -0.25) is 4.79 Å². The summed E-state index contributed by atoms with van der Waals surface area (Å²) in [5, 5.41) is 2.10. The molecular weight excluding hydrogens is 326 g/mol. The van der Waals surface area contributed by atoms with Crippen molar-refractivity contribution in [3.63, 3.8) is 0 Å². The molecule has 2 aromatic rings. The van der Waals surface area contributed by atoms with Crippen LogP contribution >= 0.6 is 0 Å². The van der Waals surface area contributed by atoms with Crippen LogP contribution in [0, 0.1) is 0 Å². The molecule has 1 aliphatic heterocycles. The van der Waals surface area contributed by atoms with E-state index in [1.807, 2.05) is 42.5 Å². The normalized spacial score (nSPS) is 15.8. The van der Waals surface area contributed by atoms with Gasteiger partial charge in [0.2, 0.25) is 0 Å². The van der Waals surface area contributed by atoms with Gasteiger partial charge in [0.05, 0.1) is 17.8 Å². The van der Waals surface area contributed by atoms with Crippen molar-refractivity contribution in [3.05, 3.63) is 77.5 Å². The van der Waals surface area contributed by atoms with Crippen LogP contribution in [0.15, 0.2) is 72.0 Å². The van der Waals surface area contributed by atoms with E-state index in [9.17, 15) is 9.59 Å². The summed E-state index contributed by atoms with van der Waals surface area (Å²) in [5.41, 5.74) is 2.17. The Morgan fingerprint density at radius 1 is 1.19 bits per heavy atom. The first-order valence-electron chi connectivity index (χ1n) is 8.59. The van der Waals surface area contributed by atoms with Gasteiger partial charge in [0.1, 0.15) is 0 Å². The first-order chi connectivity index (χ1) is 12.6. The van der Waals surface area contributed by atoms with Gasteiger partial charge in [0.15, 0.2) is 0 Å². The van der Waals surface area contributed by atoms with E-state index in [1.54, 1.807) is 30.9 Å². The van der Waals surface area contributed by atoms with Crippen LogP contribution in [0.5, 0.6) is 0 Å². The molecule has 0 unspecified atom stereocenters. The number of hydrogen-bond acceptors (Lipinski definition) is 3. The summed E-state index contributed by atoms with van der Waals surface area (Å²) in [5.74, 6) is -0.685. The number of nitrogens with zero attached hydrogens (tertiary/aromatic N) is 1. The molecule has 4 heteroatoms. The van der Waals surface area contributed by atoms with Gasteiger partial charge in [0, 0.05) is 12.2 Å². The molecule has 26 heavy (non-hydrogen) atoms. The van der Waals surface area contributed by atoms with Crippen molar-refractivity contribution < 1.29 is 14.3 Å². The minimum Gasteiger partial charge on any atom is -0.462 e. The number of esters is 1. The van der Waals surface area contributed by atoms with Crippen LogP contribution < -0.4 is 0 Å². The molecule has 0 bridgehead atoms. The summed E-state index contributed by atoms with van der Waals surface area (Å²) >= 11 is 0. The van der Waals surface area contributed by atoms with Gasteiger partial charge in [-0.25, -0.2) is 4.79 Å². The van der Waals surface area contributed by atoms with Gasteiger partial charge in [-0.15, -0.1) is 6.58 Å². The number of amides is 1. The molecule has 1 heterocycles. The Labute approximate surface area is 153 Å². The average Bonchev–Trinajstić information content (AvgIpc) is 2.87. The Kier molecular flexibility index (Phi) is 5.03. The molecule has 3 rings (SSSR count). The van der Waals surface area contributed by atoms with E-state index in [0.29, 0.717) is 23.4 Å². The summed E-state index contributed by atoms with van der Waals surface area (Å²) in [6.07, 6.45) is 3.43. The van der Waals surface area contributed by atoms with Crippen LogP contribution in [0.2, 0.25) is 0 Å². The summed E-state index contributed by atoms with van der Waals surface area (Å²) in [6.45, 7) is 7.81. The molecule has 132 valence electrons. The number of fused-ring (bicyclic) bond motifs is 1. The van der Waals surface area contributed by atoms with Crippen LogP contribution in [-0.2, 0) is 14.3 Å². The molecule has 0 saturated carbocycles. The van der Waals surface area contributed by atoms with Crippen LogP contribution in [0.1, 0.15) is 19.4 Å². The lowest BCUT2D eigenvalue weighted by atomic mass is 9.99. The zero-order valence-corrected chi connectivity index (χ0v) is 15.0. The average molecular weight is 347 g/mol. The maximum absolute atomic E-state index is 12.9. The second-order valence-electron chi connectivity index (χ2n) is 6.01. The van der Waals surface area contributed by atoms with Gasteiger partial charge in [-0.05, 0) is 36.3 Å². The van der Waals surface area contributed by atoms with Crippen LogP contribution in [0.3, 0.4) is 0 Å². The van der Waals surface area contributed by atoms with Gasteiger partial charge < -0.3 is 9.64 Å². The number of carbonyl (C=O) groups excluding carboxylic acids is 2. The van der Waals surface area contributed by atoms with Crippen molar-refractivity contribution in [2.75, 3.05) is 13.2 Å². The lowest BCUT2D eigenvalue weighted by Crippen LogP contribution is -2.25. The number of rotatable bonds is 5. The molecule has 0 aliphatic carbocycles. The Morgan fingerprint density at radius 3 is 2.65 bits per heavy atom. The lowest BCUT2D eigenvalue weighted by Gasteiger charge is -2.14. The highest BCUT2D eigenvalue weighted by atomic mass is 16.5. The molecule has 0 N–H and O–H groups in total. The quantitative estimate of drug-likeness (QED) is 0.465. The summed E-state index contributed by atoms with van der Waals surface area (Å²) in [7, 11) is 0. The van der Waals surface area contributed by atoms with E-state index < -0.39 is 5.97 Å². The van der Waals surface area contributed by atoms with Crippen LogP contribution in [0.25, 0.3) is 16.8 Å². The third-order valence-corrected chi connectivity index (χ3v) is 4.43. The lowest BCUT2D eigenvalue weighted by molar-refractivity contribution is -0.138. The molecule has 2 aromatic carbocycles. The monoisotopic (exact) mass is 347 g/mol. The van der Waals surface area contributed by atoms with Crippen molar-refractivity contribution in [1.29, 1.82) is 0 Å². The standard InChI is InChI=1S/C22H21NO3/c1-4-13-23-15(3)20(22(25)26-5-2)19(21(23)24)14-17-11-8-10-16-9-6-7-12-18(16)17/h4,6-12,14H,1,5,13H2,2-3H3/b19-14-. The van der Waals surface area contributed by atoms with E-state index in [-0.39, 0.29) is 12.5 Å². The fourth-order valence-corrected chi connectivity index (χ4v) is 3.21. The molecular formula is C22H21NO3. The molecule has 0 spiro atoms. The Morgan fingerprint density at radius 2 is 1.92 bits per heavy atom. The second-order valence-corrected chi connectivity index (χ2v) is 6.01. The fourth-order valence-electron chi connectivity index (χ4n) is 3.21. The molecule has 4 nitrogen and oxygen atoms in total. The number of allylic oxidation sites excluding steroid dienone is 1. The highest BCUT2D eigenvalue weighted by molar-refractivity contribution is 6.17. The third kappa shape index (κ3) is 3.06. The van der Waals surface area contributed by atoms with Gasteiger partial charge in [-0.2, -0.15) is 0 Å². The summed E-state index contributed by atoms with van der Waals surface area (Å²) in [6, 6.07) is 13.9. The molecule has 0 fully saturated rings. The predicted octanol–water partition coefficient (Wildman–Crippen LogP) is 4.09. The van der Waals surface area contributed by atoms with Gasteiger partial charge in [-0.1, -0.05) is 48.5 Å². The van der Waals surface area contributed by atoms with Crippen molar-refractivity contribution in [1.82, 2.24) is 4.90 Å². The zero-order valence-electron chi connectivity index (χ0n) is 15.0. The Balaban J connectivity index is 2.16. The molecule has 1 aliphatic rings. The molecule has 0 aromatic heterocycles. The Bertz CT molecular complexity index is 948. The SMILES string of the molecule is C=CCN1C(=O)/C(=C\c2cccc3ccccc23)C(C(=O)OCC)=C1C. The van der Waals surface area contributed by atoms with Gasteiger partial charge in [0.25, 0.3) is 5.91 Å². The topological polar surface area (TPSA) is 46.6 Å². The molecule has 0 radical (unpaired) electrons. The smallest absolute Gasteiger partial charge is 0.340 e. The minimum absolute atomic E-state index is 0.210. The summed E-state index contributed by atoms with van der Waals surface area (Å²) < 4.78 is 5.18. The number of ether oxygens (including phenoxy) is 1. The van der Waals surface area contributed by atoms with E-state index in [1.165, 1.54) is 0 Å². The van der Waals surface area contributed by atoms with Crippen LogP contribution in [0.4, 0.5) is 0 Å². The van der Waals surface area contributed by atoms with E-state index in [4.69, 9.17) is 4.74 Å². The van der Waals surface area contributed by atoms with Crippen molar-refractivity contribution >= 4 is 28.7 Å². The maximum Gasteiger partial charge on any atom is 0.340 e. The summed E-state index contributed by atoms with van der Waals surface area (Å²) in [4.78, 5) is 27.0. The molecule has 1 amide bonds. The van der Waals surface area contributed by atoms with E-state index >= 15 is 0 Å². The number of carbonyl (C=O) groups is 2. The van der Waals surface area contributed by atoms with Crippen LogP contribution in [-0.4, -0.2) is 29.9 Å². The highest BCUT2D eigenvalue weighted by Gasteiger charge is 2.36. The third-order valence-electron chi connectivity index (χ3n) is 4.43. The van der Waals surface area contributed by atoms with Crippen molar-refractivity contribution in [2.24, 2.45) is 0 Å². The first-order valence-corrected chi connectivity index (χ1v) is 8.59. The van der Waals surface area contributed by atoms with Crippen molar-refractivity contribution in [3.8, 4) is 0 Å². The molecule has 0 saturated heterocycles. The zero-order chi connectivity index (χ0) is 18.7. The second kappa shape index (κ2) is 7.40. The molecule has 0 atom stereocenters.